The predicted octanol–water partition coefficient (Wildman–Crippen LogP) is 3.08. The van der Waals surface area contributed by atoms with Crippen LogP contribution >= 0.6 is 0 Å². The lowest BCUT2D eigenvalue weighted by Gasteiger charge is -2.01. The largest absolute Gasteiger partial charge is 0.300 e. The van der Waals surface area contributed by atoms with Gasteiger partial charge in [-0.2, -0.15) is 0 Å². The SMILES string of the molecule is CC(=O)CCCCCc1ccnc(C)c1. The van der Waals surface area contributed by atoms with Gasteiger partial charge >= 0.3 is 0 Å². The van der Waals surface area contributed by atoms with Gasteiger partial charge in [0.2, 0.25) is 0 Å². The van der Waals surface area contributed by atoms with Gasteiger partial charge in [0.05, 0.1) is 0 Å². The number of nitrogens with zero attached hydrogens (tertiary/aromatic N) is 1. The lowest BCUT2D eigenvalue weighted by atomic mass is 10.1. The van der Waals surface area contributed by atoms with Crippen molar-refractivity contribution < 1.29 is 4.79 Å². The number of Topliss-reactive ketones (excluding diaryl/α,β-unsaturated/α-hetero) is 1. The number of pyridine rings is 1. The highest BCUT2D eigenvalue weighted by Crippen LogP contribution is 2.08. The fourth-order valence-corrected chi connectivity index (χ4v) is 1.64. The van der Waals surface area contributed by atoms with E-state index >= 15 is 0 Å². The Hall–Kier alpha value is -1.18. The first kappa shape index (κ1) is 11.9. The molecule has 0 aliphatic heterocycles. The fraction of sp³-hybridized carbons (Fsp3) is 0.538. The standard InChI is InChI=1S/C13H19NO/c1-11-10-13(8-9-14-11)7-5-3-4-6-12(2)15/h8-10H,3-7H2,1-2H3. The Morgan fingerprint density at radius 2 is 2.13 bits per heavy atom. The number of aromatic nitrogens is 1. The third kappa shape index (κ3) is 5.31. The van der Waals surface area contributed by atoms with E-state index in [1.165, 1.54) is 5.56 Å². The molecule has 0 amide bonds. The molecule has 1 heterocycles. The molecule has 0 unspecified atom stereocenters. The Kier molecular flexibility index (Phi) is 5.02. The molecule has 0 aliphatic rings. The molecule has 0 bridgehead atoms. The van der Waals surface area contributed by atoms with Crippen molar-refractivity contribution in [2.45, 2.75) is 46.0 Å². The average molecular weight is 205 g/mol. The molecule has 15 heavy (non-hydrogen) atoms. The third-order valence-electron chi connectivity index (χ3n) is 2.46. The van der Waals surface area contributed by atoms with Gasteiger partial charge in [-0.3, -0.25) is 4.98 Å². The topological polar surface area (TPSA) is 30.0 Å². The van der Waals surface area contributed by atoms with Crippen molar-refractivity contribution in [2.75, 3.05) is 0 Å². The molecule has 2 heteroatoms. The molecule has 0 radical (unpaired) electrons. The van der Waals surface area contributed by atoms with Gasteiger partial charge in [-0.25, -0.2) is 0 Å². The van der Waals surface area contributed by atoms with Crippen LogP contribution in [0, 0.1) is 6.92 Å². The van der Waals surface area contributed by atoms with Gasteiger partial charge in [0, 0.05) is 18.3 Å². The third-order valence-corrected chi connectivity index (χ3v) is 2.46. The average Bonchev–Trinajstić information content (AvgIpc) is 2.17. The zero-order valence-electron chi connectivity index (χ0n) is 9.62. The molecule has 1 aromatic heterocycles. The quantitative estimate of drug-likeness (QED) is 0.668. The monoisotopic (exact) mass is 205 g/mol. The predicted molar refractivity (Wildman–Crippen MR) is 61.8 cm³/mol. The van der Waals surface area contributed by atoms with E-state index in [0.717, 1.165) is 37.8 Å². The number of aryl methyl sites for hydroxylation is 2. The van der Waals surface area contributed by atoms with Crippen LogP contribution in [0.3, 0.4) is 0 Å². The van der Waals surface area contributed by atoms with Crippen LogP contribution < -0.4 is 0 Å². The maximum Gasteiger partial charge on any atom is 0.129 e. The molecule has 0 atom stereocenters. The zero-order valence-corrected chi connectivity index (χ0v) is 9.62. The normalized spacial score (nSPS) is 10.3. The first-order valence-electron chi connectivity index (χ1n) is 5.59. The van der Waals surface area contributed by atoms with Gasteiger partial charge in [0.15, 0.2) is 0 Å². The molecule has 0 spiro atoms. The summed E-state index contributed by atoms with van der Waals surface area (Å²) in [6.07, 6.45) is 7.02. The van der Waals surface area contributed by atoms with Crippen LogP contribution in [0.25, 0.3) is 0 Å². The number of carbonyl (C=O) groups is 1. The van der Waals surface area contributed by atoms with Crippen LogP contribution in [0.1, 0.15) is 43.9 Å². The van der Waals surface area contributed by atoms with Crippen molar-refractivity contribution in [3.63, 3.8) is 0 Å². The van der Waals surface area contributed by atoms with E-state index in [9.17, 15) is 4.79 Å². The minimum Gasteiger partial charge on any atom is -0.300 e. The minimum absolute atomic E-state index is 0.301. The molecule has 0 saturated heterocycles. The summed E-state index contributed by atoms with van der Waals surface area (Å²) in [4.78, 5) is 14.9. The first-order valence-corrected chi connectivity index (χ1v) is 5.59. The van der Waals surface area contributed by atoms with Crippen LogP contribution in [0.15, 0.2) is 18.3 Å². The van der Waals surface area contributed by atoms with Crippen molar-refractivity contribution in [1.29, 1.82) is 0 Å². The van der Waals surface area contributed by atoms with Crippen molar-refractivity contribution >= 4 is 5.78 Å². The molecule has 0 fully saturated rings. The molecule has 2 nitrogen and oxygen atoms in total. The van der Waals surface area contributed by atoms with E-state index in [0.29, 0.717) is 5.78 Å². The van der Waals surface area contributed by atoms with Crippen LogP contribution in [0.2, 0.25) is 0 Å². The minimum atomic E-state index is 0.301. The first-order chi connectivity index (χ1) is 7.18. The second kappa shape index (κ2) is 6.33. The highest BCUT2D eigenvalue weighted by Gasteiger charge is 1.96. The highest BCUT2D eigenvalue weighted by molar-refractivity contribution is 5.75. The lowest BCUT2D eigenvalue weighted by molar-refractivity contribution is -0.117. The summed E-state index contributed by atoms with van der Waals surface area (Å²) in [5.74, 6) is 0.301. The fourth-order valence-electron chi connectivity index (χ4n) is 1.64. The smallest absolute Gasteiger partial charge is 0.129 e. The molecule has 0 N–H and O–H groups in total. The van der Waals surface area contributed by atoms with Crippen LogP contribution in [0.5, 0.6) is 0 Å². The van der Waals surface area contributed by atoms with Crippen molar-refractivity contribution in [3.8, 4) is 0 Å². The van der Waals surface area contributed by atoms with E-state index < -0.39 is 0 Å². The molecule has 0 saturated carbocycles. The van der Waals surface area contributed by atoms with Crippen LogP contribution in [-0.2, 0) is 11.2 Å². The van der Waals surface area contributed by atoms with E-state index in [2.05, 4.69) is 17.1 Å². The molecule has 1 rings (SSSR count). The highest BCUT2D eigenvalue weighted by atomic mass is 16.1. The molecule has 1 aromatic rings. The Morgan fingerprint density at radius 1 is 1.33 bits per heavy atom. The summed E-state index contributed by atoms with van der Waals surface area (Å²) in [6.45, 7) is 3.67. The van der Waals surface area contributed by atoms with Crippen LogP contribution in [0.4, 0.5) is 0 Å². The van der Waals surface area contributed by atoms with Gasteiger partial charge in [-0.1, -0.05) is 6.42 Å². The summed E-state index contributed by atoms with van der Waals surface area (Å²) in [5.41, 5.74) is 2.43. The Bertz CT molecular complexity index is 320. The molecule has 0 aromatic carbocycles. The summed E-state index contributed by atoms with van der Waals surface area (Å²) in [7, 11) is 0. The van der Waals surface area contributed by atoms with Crippen LogP contribution in [-0.4, -0.2) is 10.8 Å². The maximum absolute atomic E-state index is 10.7. The van der Waals surface area contributed by atoms with Crippen molar-refractivity contribution in [2.24, 2.45) is 0 Å². The zero-order chi connectivity index (χ0) is 11.1. The van der Waals surface area contributed by atoms with E-state index in [4.69, 9.17) is 0 Å². The van der Waals surface area contributed by atoms with Gasteiger partial charge in [0.25, 0.3) is 0 Å². The van der Waals surface area contributed by atoms with Crippen molar-refractivity contribution in [1.82, 2.24) is 4.98 Å². The lowest BCUT2D eigenvalue weighted by Crippen LogP contribution is -1.91. The number of hydrogen-bond donors (Lipinski definition) is 0. The Morgan fingerprint density at radius 3 is 2.80 bits per heavy atom. The van der Waals surface area contributed by atoms with Gasteiger partial charge in [0.1, 0.15) is 5.78 Å². The van der Waals surface area contributed by atoms with E-state index in [1.54, 1.807) is 6.92 Å². The van der Waals surface area contributed by atoms with E-state index in [-0.39, 0.29) is 0 Å². The molecule has 0 aliphatic carbocycles. The van der Waals surface area contributed by atoms with Crippen molar-refractivity contribution in [3.05, 3.63) is 29.6 Å². The Labute approximate surface area is 91.7 Å². The number of rotatable bonds is 6. The summed E-state index contributed by atoms with van der Waals surface area (Å²) >= 11 is 0. The summed E-state index contributed by atoms with van der Waals surface area (Å²) < 4.78 is 0. The summed E-state index contributed by atoms with van der Waals surface area (Å²) in [6, 6.07) is 4.20. The molecule has 82 valence electrons. The number of unbranched alkanes of at least 4 members (excludes halogenated alkanes) is 2. The second-order valence-corrected chi connectivity index (χ2v) is 4.07. The Balaban J connectivity index is 2.17. The van der Waals surface area contributed by atoms with Gasteiger partial charge in [-0.15, -0.1) is 0 Å². The number of hydrogen-bond acceptors (Lipinski definition) is 2. The maximum atomic E-state index is 10.7. The number of ketones is 1. The summed E-state index contributed by atoms with van der Waals surface area (Å²) in [5, 5.41) is 0. The molecular formula is C13H19NO. The van der Waals surface area contributed by atoms with Gasteiger partial charge < -0.3 is 4.79 Å². The van der Waals surface area contributed by atoms with E-state index in [1.807, 2.05) is 13.1 Å². The number of carbonyl (C=O) groups excluding carboxylic acids is 1. The van der Waals surface area contributed by atoms with Gasteiger partial charge in [-0.05, 0) is 50.8 Å². The molecular weight excluding hydrogens is 186 g/mol. The second-order valence-electron chi connectivity index (χ2n) is 4.07.